The fourth-order valence-corrected chi connectivity index (χ4v) is 3.93. The number of H-pyrrole nitrogens is 2. The summed E-state index contributed by atoms with van der Waals surface area (Å²) in [5.41, 5.74) is -0.626. The van der Waals surface area contributed by atoms with Crippen molar-refractivity contribution in [3.05, 3.63) is 44.4 Å². The first kappa shape index (κ1) is 25.2. The molecule has 2 aromatic heterocycles. The third kappa shape index (κ3) is 9.74. The number of aliphatic hydroxyl groups excluding tert-OH is 2. The van der Waals surface area contributed by atoms with Crippen LogP contribution in [0, 0.1) is 10.8 Å². The average Bonchev–Trinajstić information content (AvgIpc) is 3.25. The van der Waals surface area contributed by atoms with Crippen LogP contribution in [0.4, 0.5) is 0 Å². The summed E-state index contributed by atoms with van der Waals surface area (Å²) < 4.78 is 10.3. The maximum absolute atomic E-state index is 11.2. The van der Waals surface area contributed by atoms with Crippen molar-refractivity contribution in [1.29, 1.82) is 0 Å². The lowest BCUT2D eigenvalue weighted by molar-refractivity contribution is 0.105. The summed E-state index contributed by atoms with van der Waals surface area (Å²) in [6.07, 6.45) is 5.52. The third-order valence-corrected chi connectivity index (χ3v) is 5.84. The molecule has 0 saturated carbocycles. The van der Waals surface area contributed by atoms with Crippen LogP contribution in [-0.2, 0) is 12.8 Å². The van der Waals surface area contributed by atoms with Crippen LogP contribution in [0.1, 0.15) is 84.2 Å². The van der Waals surface area contributed by atoms with Crippen molar-refractivity contribution in [2.24, 2.45) is 10.8 Å². The zero-order valence-corrected chi connectivity index (χ0v) is 19.2. The van der Waals surface area contributed by atoms with Crippen molar-refractivity contribution in [2.75, 3.05) is 0 Å². The Morgan fingerprint density at radius 3 is 1.48 bits per heavy atom. The van der Waals surface area contributed by atoms with Gasteiger partial charge >= 0.3 is 0 Å². The molecule has 2 aromatic rings. The highest BCUT2D eigenvalue weighted by atomic mass is 16.5. The Kier molecular flexibility index (Phi) is 8.94. The molecule has 0 aliphatic carbocycles. The molecule has 0 amide bonds. The first-order valence-corrected chi connectivity index (χ1v) is 11.2. The minimum Gasteiger partial charge on any atom is -0.393 e. The van der Waals surface area contributed by atoms with Crippen molar-refractivity contribution >= 4 is 0 Å². The highest BCUT2D eigenvalue weighted by Gasteiger charge is 2.24. The van der Waals surface area contributed by atoms with Crippen molar-refractivity contribution in [2.45, 2.75) is 97.7 Å². The number of nitrogens with one attached hydrogen (secondary N) is 2. The molecule has 0 saturated heterocycles. The van der Waals surface area contributed by atoms with Gasteiger partial charge in [0.1, 0.15) is 11.5 Å². The van der Waals surface area contributed by atoms with Crippen LogP contribution in [0.2, 0.25) is 0 Å². The molecule has 0 bridgehead atoms. The molecule has 0 fully saturated rings. The number of hydrogen-bond donors (Lipinski definition) is 4. The summed E-state index contributed by atoms with van der Waals surface area (Å²) in [4.78, 5) is 22.3. The maximum Gasteiger partial charge on any atom is 0.280 e. The Morgan fingerprint density at radius 2 is 1.16 bits per heavy atom. The summed E-state index contributed by atoms with van der Waals surface area (Å²) in [6, 6.07) is 2.93. The van der Waals surface area contributed by atoms with E-state index in [1.165, 1.54) is 12.1 Å². The van der Waals surface area contributed by atoms with Gasteiger partial charge in [-0.05, 0) is 55.8 Å². The Balaban J connectivity index is 1.61. The molecule has 0 radical (unpaired) electrons. The lowest BCUT2D eigenvalue weighted by Gasteiger charge is -2.25. The minimum absolute atomic E-state index is 0.0805. The van der Waals surface area contributed by atoms with E-state index in [1.807, 2.05) is 0 Å². The highest BCUT2D eigenvalue weighted by Crippen LogP contribution is 2.30. The highest BCUT2D eigenvalue weighted by molar-refractivity contribution is 4.98. The molecule has 0 aliphatic heterocycles. The third-order valence-electron chi connectivity index (χ3n) is 5.84. The van der Waals surface area contributed by atoms with Gasteiger partial charge in [0.25, 0.3) is 11.1 Å². The topological polar surface area (TPSA) is 132 Å². The summed E-state index contributed by atoms with van der Waals surface area (Å²) in [5, 5.41) is 25.3. The number of aromatic nitrogens is 2. The number of aliphatic hydroxyl groups is 2. The van der Waals surface area contributed by atoms with Crippen molar-refractivity contribution in [3.8, 4) is 0 Å². The van der Waals surface area contributed by atoms with Gasteiger partial charge < -0.3 is 19.3 Å². The second-order valence-electron chi connectivity index (χ2n) is 10.4. The van der Waals surface area contributed by atoms with Crippen LogP contribution in [0.3, 0.4) is 0 Å². The second kappa shape index (κ2) is 11.0. The monoisotopic (exact) mass is 438 g/mol. The van der Waals surface area contributed by atoms with E-state index in [1.54, 1.807) is 0 Å². The molecule has 8 nitrogen and oxygen atoms in total. The Hall–Kier alpha value is -2.06. The van der Waals surface area contributed by atoms with Gasteiger partial charge in [-0.25, -0.2) is 0 Å². The summed E-state index contributed by atoms with van der Waals surface area (Å²) in [6.45, 7) is 8.38. The quantitative estimate of drug-likeness (QED) is 0.357. The zero-order valence-electron chi connectivity index (χ0n) is 19.2. The smallest absolute Gasteiger partial charge is 0.280 e. The summed E-state index contributed by atoms with van der Waals surface area (Å²) in [7, 11) is 0. The van der Waals surface area contributed by atoms with Gasteiger partial charge in [-0.1, -0.05) is 27.7 Å². The number of rotatable bonds is 14. The van der Waals surface area contributed by atoms with E-state index >= 15 is 0 Å². The standard InChI is InChI=1S/C23H38N2O6/c1-22(2,14-18-12-20(28)24-30-18)10-8-16(26)6-5-7-17(27)9-11-23(3,4)15-19-13-21(29)25-31-19/h12-13,16-17,26-27H,5-11,14-15H2,1-4H3,(H,24,28)(H,25,29). The molecule has 0 aliphatic rings. The zero-order chi connectivity index (χ0) is 23.1. The predicted molar refractivity (Wildman–Crippen MR) is 118 cm³/mol. The Morgan fingerprint density at radius 1 is 0.774 bits per heavy atom. The van der Waals surface area contributed by atoms with Crippen molar-refractivity contribution in [3.63, 3.8) is 0 Å². The normalized spacial score (nSPS) is 14.6. The van der Waals surface area contributed by atoms with E-state index in [9.17, 15) is 19.8 Å². The molecule has 0 aromatic carbocycles. The van der Waals surface area contributed by atoms with E-state index < -0.39 is 12.2 Å². The van der Waals surface area contributed by atoms with Gasteiger partial charge in [0.2, 0.25) is 0 Å². The van der Waals surface area contributed by atoms with Gasteiger partial charge in [0, 0.05) is 25.0 Å². The van der Waals surface area contributed by atoms with E-state index in [0.717, 1.165) is 19.3 Å². The molecule has 31 heavy (non-hydrogen) atoms. The van der Waals surface area contributed by atoms with Crippen LogP contribution in [-0.4, -0.2) is 32.7 Å². The fraction of sp³-hybridized carbons (Fsp3) is 0.739. The Bertz CT molecular complexity index is 816. The lowest BCUT2D eigenvalue weighted by Crippen LogP contribution is -2.20. The Labute approximate surface area is 183 Å². The molecule has 8 heteroatoms. The van der Waals surface area contributed by atoms with E-state index in [2.05, 4.69) is 38.0 Å². The first-order valence-electron chi connectivity index (χ1n) is 11.2. The summed E-state index contributed by atoms with van der Waals surface area (Å²) >= 11 is 0. The van der Waals surface area contributed by atoms with Gasteiger partial charge in [-0.15, -0.1) is 0 Å². The van der Waals surface area contributed by atoms with Gasteiger partial charge in [-0.3, -0.25) is 9.59 Å². The van der Waals surface area contributed by atoms with Gasteiger partial charge in [0.15, 0.2) is 0 Å². The first-order chi connectivity index (χ1) is 14.4. The van der Waals surface area contributed by atoms with Crippen molar-refractivity contribution < 1.29 is 19.3 Å². The van der Waals surface area contributed by atoms with Crippen LogP contribution < -0.4 is 11.1 Å². The summed E-state index contributed by atoms with van der Waals surface area (Å²) in [5.74, 6) is 1.27. The molecular weight excluding hydrogens is 400 g/mol. The molecule has 4 N–H and O–H groups in total. The van der Waals surface area contributed by atoms with E-state index in [-0.39, 0.29) is 21.9 Å². The van der Waals surface area contributed by atoms with Crippen LogP contribution in [0.15, 0.2) is 30.8 Å². The van der Waals surface area contributed by atoms with Gasteiger partial charge in [0.05, 0.1) is 12.2 Å². The SMILES string of the molecule is CC(C)(CCC(O)CCCC(O)CCC(C)(C)Cc1cc(=O)[nH]o1)Cc1cc(=O)[nH]o1. The molecular formula is C23H38N2O6. The molecule has 2 rings (SSSR count). The maximum atomic E-state index is 11.2. The van der Waals surface area contributed by atoms with Crippen LogP contribution in [0.5, 0.6) is 0 Å². The van der Waals surface area contributed by atoms with E-state index in [0.29, 0.717) is 50.0 Å². The second-order valence-corrected chi connectivity index (χ2v) is 10.4. The molecule has 176 valence electrons. The van der Waals surface area contributed by atoms with E-state index in [4.69, 9.17) is 9.05 Å². The molecule has 2 heterocycles. The average molecular weight is 439 g/mol. The van der Waals surface area contributed by atoms with Gasteiger partial charge in [-0.2, -0.15) is 10.3 Å². The molecule has 2 unspecified atom stereocenters. The van der Waals surface area contributed by atoms with Crippen LogP contribution >= 0.6 is 0 Å². The minimum atomic E-state index is -0.405. The van der Waals surface area contributed by atoms with Crippen molar-refractivity contribution in [1.82, 2.24) is 10.3 Å². The molecule has 2 atom stereocenters. The predicted octanol–water partition coefficient (Wildman–Crippen LogP) is 3.54. The number of aromatic amines is 2. The lowest BCUT2D eigenvalue weighted by atomic mass is 9.81. The van der Waals surface area contributed by atoms with Crippen LogP contribution in [0.25, 0.3) is 0 Å². The fourth-order valence-electron chi connectivity index (χ4n) is 3.93. The largest absolute Gasteiger partial charge is 0.393 e. The molecule has 0 spiro atoms. The number of hydrogen-bond acceptors (Lipinski definition) is 6.